The zero-order valence-electron chi connectivity index (χ0n) is 19.5. The number of rotatable bonds is 7. The second kappa shape index (κ2) is 10.9. The second-order valence-electron chi connectivity index (χ2n) is 8.73. The number of thiazole rings is 1. The lowest BCUT2D eigenvalue weighted by Gasteiger charge is -2.45. The van der Waals surface area contributed by atoms with Crippen molar-refractivity contribution in [1.29, 1.82) is 0 Å². The molecule has 1 N–H and O–H groups in total. The van der Waals surface area contributed by atoms with Crippen molar-refractivity contribution in [2.24, 2.45) is 5.41 Å². The van der Waals surface area contributed by atoms with E-state index < -0.39 is 48.1 Å². The van der Waals surface area contributed by atoms with Gasteiger partial charge in [-0.2, -0.15) is 13.2 Å². The fourth-order valence-corrected chi connectivity index (χ4v) is 5.27. The van der Waals surface area contributed by atoms with Gasteiger partial charge in [0.2, 0.25) is 0 Å². The predicted molar refractivity (Wildman–Crippen MR) is 129 cm³/mol. The molecule has 0 aliphatic carbocycles. The molecule has 3 aromatic rings. The van der Waals surface area contributed by atoms with Gasteiger partial charge >= 0.3 is 12.1 Å². The van der Waals surface area contributed by atoms with E-state index in [1.165, 1.54) is 35.6 Å². The SMILES string of the molecule is COC(=O)C1(Cc2nc(Nc3nccs3)ccc2F)CCN(Cc2cccc(Cl)c2F)C(C(F)(F)F)C1. The van der Waals surface area contributed by atoms with Crippen LogP contribution in [0, 0.1) is 17.0 Å². The highest BCUT2D eigenvalue weighted by molar-refractivity contribution is 7.13. The third kappa shape index (κ3) is 6.02. The topological polar surface area (TPSA) is 67.3 Å². The van der Waals surface area contributed by atoms with Crippen molar-refractivity contribution < 1.29 is 31.5 Å². The van der Waals surface area contributed by atoms with Gasteiger partial charge in [0, 0.05) is 36.7 Å². The maximum Gasteiger partial charge on any atom is 0.404 e. The highest BCUT2D eigenvalue weighted by atomic mass is 35.5. The van der Waals surface area contributed by atoms with Crippen LogP contribution in [0.2, 0.25) is 5.02 Å². The number of carbonyl (C=O) groups excluding carboxylic acids is 1. The van der Waals surface area contributed by atoms with E-state index in [-0.39, 0.29) is 41.6 Å². The molecular weight excluding hydrogens is 539 g/mol. The first kappa shape index (κ1) is 27.2. The number of methoxy groups -OCH3 is 1. The summed E-state index contributed by atoms with van der Waals surface area (Å²) in [6, 6.07) is 4.50. The number of hydrogen-bond acceptors (Lipinski definition) is 7. The van der Waals surface area contributed by atoms with Gasteiger partial charge in [-0.05, 0) is 31.0 Å². The van der Waals surface area contributed by atoms with Gasteiger partial charge in [0.1, 0.15) is 23.5 Å². The smallest absolute Gasteiger partial charge is 0.404 e. The van der Waals surface area contributed by atoms with Crippen molar-refractivity contribution >= 4 is 39.9 Å². The molecule has 0 amide bonds. The largest absolute Gasteiger partial charge is 0.469 e. The van der Waals surface area contributed by atoms with Gasteiger partial charge in [-0.25, -0.2) is 18.7 Å². The highest BCUT2D eigenvalue weighted by Crippen LogP contribution is 2.45. The van der Waals surface area contributed by atoms with Crippen LogP contribution in [-0.2, 0) is 22.5 Å². The highest BCUT2D eigenvalue weighted by Gasteiger charge is 2.55. The Morgan fingerprint density at radius 1 is 1.30 bits per heavy atom. The Bertz CT molecular complexity index is 1260. The zero-order valence-corrected chi connectivity index (χ0v) is 21.1. The summed E-state index contributed by atoms with van der Waals surface area (Å²) in [5.41, 5.74) is -1.88. The molecule has 1 aromatic carbocycles. The van der Waals surface area contributed by atoms with Crippen LogP contribution in [0.1, 0.15) is 24.1 Å². The Hall–Kier alpha value is -2.83. The Morgan fingerprint density at radius 2 is 2.08 bits per heavy atom. The summed E-state index contributed by atoms with van der Waals surface area (Å²) in [5, 5.41) is 4.91. The number of anilines is 2. The lowest BCUT2D eigenvalue weighted by atomic mass is 9.71. The standard InChI is InChI=1S/C24H22ClF5N4O2S/c1-36-21(35)23(11-17-16(26)5-6-19(32-17)33-22-31-8-10-37-22)7-9-34(18(12-23)24(28,29)30)13-14-3-2-4-15(25)20(14)27/h2-6,8,10,18H,7,9,11-13H2,1H3,(H,31,32,33). The van der Waals surface area contributed by atoms with Crippen LogP contribution in [-0.4, -0.2) is 46.7 Å². The van der Waals surface area contributed by atoms with Crippen molar-refractivity contribution in [3.8, 4) is 0 Å². The van der Waals surface area contributed by atoms with Crippen LogP contribution in [0.5, 0.6) is 0 Å². The van der Waals surface area contributed by atoms with Crippen LogP contribution < -0.4 is 5.32 Å². The van der Waals surface area contributed by atoms with Gasteiger partial charge in [0.25, 0.3) is 0 Å². The number of carbonyl (C=O) groups is 1. The summed E-state index contributed by atoms with van der Waals surface area (Å²) in [6.07, 6.45) is -4.40. The summed E-state index contributed by atoms with van der Waals surface area (Å²) in [5.74, 6) is -2.23. The third-order valence-electron chi connectivity index (χ3n) is 6.40. The van der Waals surface area contributed by atoms with Crippen LogP contribution in [0.4, 0.5) is 32.9 Å². The van der Waals surface area contributed by atoms with E-state index in [0.29, 0.717) is 5.13 Å². The second-order valence-corrected chi connectivity index (χ2v) is 10.0. The molecule has 2 aromatic heterocycles. The molecule has 0 saturated carbocycles. The average molecular weight is 561 g/mol. The van der Waals surface area contributed by atoms with Gasteiger partial charge in [-0.1, -0.05) is 23.7 Å². The molecule has 4 rings (SSSR count). The summed E-state index contributed by atoms with van der Waals surface area (Å²) in [6.45, 7) is -0.586. The molecule has 0 spiro atoms. The number of nitrogens with zero attached hydrogens (tertiary/aromatic N) is 3. The summed E-state index contributed by atoms with van der Waals surface area (Å²) in [4.78, 5) is 22.2. The van der Waals surface area contributed by atoms with Gasteiger partial charge in [0.05, 0.1) is 23.2 Å². The third-order valence-corrected chi connectivity index (χ3v) is 7.38. The molecular formula is C24H22ClF5N4O2S. The van der Waals surface area contributed by atoms with E-state index >= 15 is 0 Å². The molecule has 1 saturated heterocycles. The first-order valence-corrected chi connectivity index (χ1v) is 12.4. The van der Waals surface area contributed by atoms with Crippen LogP contribution in [0.15, 0.2) is 41.9 Å². The Labute approximate surface area is 218 Å². The minimum absolute atomic E-state index is 0.000918. The molecule has 1 aliphatic heterocycles. The molecule has 2 atom stereocenters. The molecule has 1 fully saturated rings. The number of benzene rings is 1. The molecule has 13 heteroatoms. The number of pyridine rings is 1. The predicted octanol–water partition coefficient (Wildman–Crippen LogP) is 6.14. The molecule has 0 bridgehead atoms. The molecule has 2 unspecified atom stereocenters. The van der Waals surface area contributed by atoms with Crippen molar-refractivity contribution in [3.63, 3.8) is 0 Å². The fourth-order valence-electron chi connectivity index (χ4n) is 4.54. The van der Waals surface area contributed by atoms with Crippen molar-refractivity contribution in [1.82, 2.24) is 14.9 Å². The number of nitrogens with one attached hydrogen (secondary N) is 1. The molecule has 37 heavy (non-hydrogen) atoms. The van der Waals surface area contributed by atoms with Gasteiger partial charge in [-0.15, -0.1) is 11.3 Å². The number of alkyl halides is 3. The minimum Gasteiger partial charge on any atom is -0.469 e. The molecule has 1 aliphatic rings. The minimum atomic E-state index is -4.75. The number of esters is 1. The molecule has 198 valence electrons. The van der Waals surface area contributed by atoms with Crippen LogP contribution in [0.3, 0.4) is 0 Å². The number of halogens is 6. The monoisotopic (exact) mass is 560 g/mol. The first-order chi connectivity index (χ1) is 17.5. The Balaban J connectivity index is 1.64. The lowest BCUT2D eigenvalue weighted by Crippen LogP contribution is -2.56. The normalized spacial score (nSPS) is 20.6. The average Bonchev–Trinajstić information content (AvgIpc) is 3.37. The van der Waals surface area contributed by atoms with E-state index in [0.717, 1.165) is 18.1 Å². The molecule has 0 radical (unpaired) electrons. The van der Waals surface area contributed by atoms with E-state index in [4.69, 9.17) is 16.3 Å². The van der Waals surface area contributed by atoms with Crippen molar-refractivity contribution in [3.05, 3.63) is 69.8 Å². The zero-order chi connectivity index (χ0) is 26.8. The maximum atomic E-state index is 14.8. The first-order valence-electron chi connectivity index (χ1n) is 11.2. The van der Waals surface area contributed by atoms with Crippen molar-refractivity contribution in [2.75, 3.05) is 19.0 Å². The quantitative estimate of drug-likeness (QED) is 0.276. The Morgan fingerprint density at radius 3 is 2.76 bits per heavy atom. The Kier molecular flexibility index (Phi) is 8.00. The summed E-state index contributed by atoms with van der Waals surface area (Å²) in [7, 11) is 1.07. The number of likely N-dealkylation sites (tertiary alicyclic amines) is 1. The molecule has 6 nitrogen and oxygen atoms in total. The van der Waals surface area contributed by atoms with E-state index in [2.05, 4.69) is 15.3 Å². The van der Waals surface area contributed by atoms with Crippen LogP contribution in [0.25, 0.3) is 0 Å². The van der Waals surface area contributed by atoms with Crippen LogP contribution >= 0.6 is 22.9 Å². The number of piperidine rings is 1. The molecule has 3 heterocycles. The van der Waals surface area contributed by atoms with E-state index in [1.54, 1.807) is 11.6 Å². The fraction of sp³-hybridized carbons (Fsp3) is 0.375. The summed E-state index contributed by atoms with van der Waals surface area (Å²) >= 11 is 7.08. The number of hydrogen-bond donors (Lipinski definition) is 1. The van der Waals surface area contributed by atoms with Gasteiger partial charge in [0.15, 0.2) is 5.13 Å². The van der Waals surface area contributed by atoms with E-state index in [9.17, 15) is 26.7 Å². The van der Waals surface area contributed by atoms with E-state index in [1.807, 2.05) is 0 Å². The van der Waals surface area contributed by atoms with Gasteiger partial charge in [-0.3, -0.25) is 9.69 Å². The number of aromatic nitrogens is 2. The number of ether oxygens (including phenoxy) is 1. The van der Waals surface area contributed by atoms with Crippen molar-refractivity contribution in [2.45, 2.75) is 38.0 Å². The van der Waals surface area contributed by atoms with Gasteiger partial charge < -0.3 is 10.1 Å². The lowest BCUT2D eigenvalue weighted by molar-refractivity contribution is -0.209. The summed E-state index contributed by atoms with van der Waals surface area (Å²) < 4.78 is 76.9. The maximum absolute atomic E-state index is 14.8.